The quantitative estimate of drug-likeness (QED) is 0.336. The predicted molar refractivity (Wildman–Crippen MR) is 111 cm³/mol. The molecule has 0 atom stereocenters. The molecule has 7 nitrogen and oxygen atoms in total. The van der Waals surface area contributed by atoms with E-state index in [0.717, 1.165) is 16.6 Å². The highest BCUT2D eigenvalue weighted by atomic mass is 32.1. The number of nitro groups is 1. The van der Waals surface area contributed by atoms with Crippen molar-refractivity contribution in [2.45, 2.75) is 6.92 Å². The zero-order valence-electron chi connectivity index (χ0n) is 15.2. The molecule has 29 heavy (non-hydrogen) atoms. The molecule has 0 bridgehead atoms. The summed E-state index contributed by atoms with van der Waals surface area (Å²) in [5.41, 5.74) is 2.92. The molecule has 0 amide bonds. The fourth-order valence-electron chi connectivity index (χ4n) is 3.31. The number of furan rings is 1. The van der Waals surface area contributed by atoms with Gasteiger partial charge in [0.05, 0.1) is 16.0 Å². The van der Waals surface area contributed by atoms with Crippen LogP contribution in [0, 0.1) is 17.0 Å². The largest absolute Gasteiger partial charge is 0.457 e. The van der Waals surface area contributed by atoms with Gasteiger partial charge in [-0.2, -0.15) is 0 Å². The van der Waals surface area contributed by atoms with Crippen molar-refractivity contribution >= 4 is 39.1 Å². The van der Waals surface area contributed by atoms with E-state index in [2.05, 4.69) is 4.98 Å². The van der Waals surface area contributed by atoms with Crippen molar-refractivity contribution < 1.29 is 9.34 Å². The number of nitro benzene ring substituents is 1. The summed E-state index contributed by atoms with van der Waals surface area (Å²) in [4.78, 5) is 28.6. The van der Waals surface area contributed by atoms with Crippen LogP contribution in [-0.4, -0.2) is 14.3 Å². The van der Waals surface area contributed by atoms with Crippen molar-refractivity contribution in [2.24, 2.45) is 0 Å². The van der Waals surface area contributed by atoms with Crippen molar-refractivity contribution in [3.05, 3.63) is 90.9 Å². The third-order valence-corrected chi connectivity index (χ3v) is 5.71. The zero-order valence-corrected chi connectivity index (χ0v) is 16.0. The van der Waals surface area contributed by atoms with Crippen LogP contribution in [0.25, 0.3) is 33.4 Å². The van der Waals surface area contributed by atoms with E-state index in [0.29, 0.717) is 26.6 Å². The van der Waals surface area contributed by atoms with Crippen LogP contribution in [-0.2, 0) is 0 Å². The standard InChI is InChI=1S/C21H13N3O4S/c1-12-6-7-13(24(26)27)10-15(12)18-9-8-14(28-18)11-19-20(25)23-17-5-3-2-4-16(17)22-21(23)29-19/h2-11H,1H3/b19-11-. The van der Waals surface area contributed by atoms with Gasteiger partial charge in [-0.05, 0) is 36.8 Å². The fourth-order valence-corrected chi connectivity index (χ4v) is 4.27. The van der Waals surface area contributed by atoms with Crippen molar-refractivity contribution in [2.75, 3.05) is 0 Å². The first-order chi connectivity index (χ1) is 14.0. The number of imidazole rings is 1. The maximum atomic E-state index is 12.8. The number of non-ortho nitro benzene ring substituents is 1. The minimum Gasteiger partial charge on any atom is -0.457 e. The minimum absolute atomic E-state index is 0.000679. The first-order valence-electron chi connectivity index (χ1n) is 8.78. The van der Waals surface area contributed by atoms with Crippen LogP contribution in [0.15, 0.2) is 63.8 Å². The second-order valence-electron chi connectivity index (χ2n) is 6.59. The SMILES string of the molecule is Cc1ccc([N+](=O)[O-])cc1-c1ccc(/C=c2\sc3nc4ccccc4n3c2=O)o1. The lowest BCUT2D eigenvalue weighted by molar-refractivity contribution is -0.384. The number of fused-ring (bicyclic) bond motifs is 3. The summed E-state index contributed by atoms with van der Waals surface area (Å²) >= 11 is 1.29. The van der Waals surface area contributed by atoms with E-state index in [1.807, 2.05) is 31.2 Å². The first kappa shape index (κ1) is 17.3. The second kappa shape index (κ2) is 6.39. The number of nitrogens with zero attached hydrogens (tertiary/aromatic N) is 3. The normalized spacial score (nSPS) is 12.2. The minimum atomic E-state index is -0.436. The van der Waals surface area contributed by atoms with Crippen LogP contribution in [0.4, 0.5) is 5.69 Å². The Labute approximate surface area is 167 Å². The van der Waals surface area contributed by atoms with Crippen LogP contribution in [0.5, 0.6) is 0 Å². The number of hydrogen-bond acceptors (Lipinski definition) is 6. The molecule has 5 rings (SSSR count). The Morgan fingerprint density at radius 1 is 1.17 bits per heavy atom. The Balaban J connectivity index is 1.61. The van der Waals surface area contributed by atoms with E-state index in [-0.39, 0.29) is 11.2 Å². The molecule has 0 aliphatic rings. The highest BCUT2D eigenvalue weighted by molar-refractivity contribution is 7.15. The van der Waals surface area contributed by atoms with Gasteiger partial charge in [0.2, 0.25) is 0 Å². The molecule has 0 saturated carbocycles. The highest BCUT2D eigenvalue weighted by Gasteiger charge is 2.14. The number of hydrogen-bond donors (Lipinski definition) is 0. The summed E-state index contributed by atoms with van der Waals surface area (Å²) in [6.07, 6.45) is 1.67. The number of thiazole rings is 1. The Kier molecular flexibility index (Phi) is 3.82. The molecule has 0 aliphatic heterocycles. The summed E-state index contributed by atoms with van der Waals surface area (Å²) in [6, 6.07) is 15.6. The summed E-state index contributed by atoms with van der Waals surface area (Å²) < 4.78 is 7.97. The van der Waals surface area contributed by atoms with Gasteiger partial charge >= 0.3 is 0 Å². The van der Waals surface area contributed by atoms with Crippen molar-refractivity contribution in [3.63, 3.8) is 0 Å². The third kappa shape index (κ3) is 2.81. The van der Waals surface area contributed by atoms with Gasteiger partial charge in [-0.15, -0.1) is 0 Å². The number of para-hydroxylation sites is 2. The molecule has 0 aliphatic carbocycles. The molecule has 5 aromatic rings. The highest BCUT2D eigenvalue weighted by Crippen LogP contribution is 2.29. The Hall–Kier alpha value is -3.78. The maximum Gasteiger partial charge on any atom is 0.275 e. The molecule has 2 aromatic carbocycles. The van der Waals surface area contributed by atoms with Gasteiger partial charge in [0.25, 0.3) is 11.2 Å². The van der Waals surface area contributed by atoms with E-state index in [1.54, 1.807) is 28.7 Å². The lowest BCUT2D eigenvalue weighted by atomic mass is 10.1. The van der Waals surface area contributed by atoms with Crippen LogP contribution >= 0.6 is 11.3 Å². The zero-order chi connectivity index (χ0) is 20.1. The molecular formula is C21H13N3O4S. The summed E-state index contributed by atoms with van der Waals surface area (Å²) in [5.74, 6) is 1.01. The van der Waals surface area contributed by atoms with Crippen LogP contribution in [0.3, 0.4) is 0 Å². The van der Waals surface area contributed by atoms with Gasteiger partial charge in [0, 0.05) is 23.8 Å². The molecule has 142 valence electrons. The number of rotatable bonds is 3. The van der Waals surface area contributed by atoms with Crippen LogP contribution in [0.2, 0.25) is 0 Å². The van der Waals surface area contributed by atoms with Crippen LogP contribution in [0.1, 0.15) is 11.3 Å². The molecule has 3 aromatic heterocycles. The first-order valence-corrected chi connectivity index (χ1v) is 9.60. The topological polar surface area (TPSA) is 90.6 Å². The second-order valence-corrected chi connectivity index (χ2v) is 7.60. The Morgan fingerprint density at radius 2 is 2.00 bits per heavy atom. The van der Waals surface area contributed by atoms with Gasteiger partial charge in [-0.25, -0.2) is 9.38 Å². The van der Waals surface area contributed by atoms with E-state index in [1.165, 1.54) is 23.5 Å². The lowest BCUT2D eigenvalue weighted by Gasteiger charge is -2.02. The molecule has 0 saturated heterocycles. The average Bonchev–Trinajstić information content (AvgIpc) is 3.38. The number of aryl methyl sites for hydroxylation is 1. The van der Waals surface area contributed by atoms with Gasteiger partial charge in [0.15, 0.2) is 4.96 Å². The van der Waals surface area contributed by atoms with E-state index in [4.69, 9.17) is 4.42 Å². The summed E-state index contributed by atoms with van der Waals surface area (Å²) in [7, 11) is 0. The molecule has 0 radical (unpaired) electrons. The monoisotopic (exact) mass is 403 g/mol. The summed E-state index contributed by atoms with van der Waals surface area (Å²) in [5, 5.41) is 11.1. The van der Waals surface area contributed by atoms with Crippen molar-refractivity contribution in [1.29, 1.82) is 0 Å². The number of aromatic nitrogens is 2. The van der Waals surface area contributed by atoms with Gasteiger partial charge in [0.1, 0.15) is 16.1 Å². The van der Waals surface area contributed by atoms with Gasteiger partial charge in [-0.3, -0.25) is 14.9 Å². The number of benzene rings is 2. The Bertz CT molecular complexity index is 1530. The van der Waals surface area contributed by atoms with Gasteiger partial charge in [-0.1, -0.05) is 29.5 Å². The van der Waals surface area contributed by atoms with E-state index < -0.39 is 4.92 Å². The maximum absolute atomic E-state index is 12.8. The smallest absolute Gasteiger partial charge is 0.275 e. The Morgan fingerprint density at radius 3 is 2.83 bits per heavy atom. The van der Waals surface area contributed by atoms with Gasteiger partial charge < -0.3 is 4.42 Å². The molecule has 0 fully saturated rings. The molecular weight excluding hydrogens is 390 g/mol. The molecule has 0 spiro atoms. The molecule has 3 heterocycles. The predicted octanol–water partition coefficient (Wildman–Crippen LogP) is 3.93. The van der Waals surface area contributed by atoms with Crippen molar-refractivity contribution in [3.8, 4) is 11.3 Å². The summed E-state index contributed by atoms with van der Waals surface area (Å²) in [6.45, 7) is 1.86. The molecule has 0 N–H and O–H groups in total. The van der Waals surface area contributed by atoms with E-state index >= 15 is 0 Å². The molecule has 0 unspecified atom stereocenters. The fraction of sp³-hybridized carbons (Fsp3) is 0.0476. The van der Waals surface area contributed by atoms with E-state index in [9.17, 15) is 14.9 Å². The third-order valence-electron chi connectivity index (χ3n) is 4.74. The van der Waals surface area contributed by atoms with Crippen LogP contribution < -0.4 is 10.1 Å². The lowest BCUT2D eigenvalue weighted by Crippen LogP contribution is -2.22. The average molecular weight is 403 g/mol. The molecule has 8 heteroatoms. The van der Waals surface area contributed by atoms with Crippen molar-refractivity contribution in [1.82, 2.24) is 9.38 Å².